The Balaban J connectivity index is 1.52. The van der Waals surface area contributed by atoms with Crippen molar-refractivity contribution < 1.29 is 37.9 Å². The minimum Gasteiger partial charge on any atom is -0.868 e. The predicted octanol–water partition coefficient (Wildman–Crippen LogP) is 0.876. The second-order valence-corrected chi connectivity index (χ2v) is 8.63. The van der Waals surface area contributed by atoms with E-state index in [0.717, 1.165) is 13.1 Å². The summed E-state index contributed by atoms with van der Waals surface area (Å²) in [5.74, 6) is -2.53. The third-order valence-electron chi connectivity index (χ3n) is 6.55. The molecule has 2 aliphatic heterocycles. The number of carbonyl (C=O) groups excluding carboxylic acids is 2. The summed E-state index contributed by atoms with van der Waals surface area (Å²) in [5, 5.41) is 13.8. The van der Waals surface area contributed by atoms with Gasteiger partial charge in [0.05, 0.1) is 39.5 Å². The fraction of sp³-hybridized carbons (Fsp3) is 0.308. The number of ketones is 1. The molecule has 1 unspecified atom stereocenters. The van der Waals surface area contributed by atoms with Gasteiger partial charge in [0.25, 0.3) is 0 Å². The van der Waals surface area contributed by atoms with E-state index in [1.807, 2.05) is 0 Å². The first kappa shape index (κ1) is 23.1. The van der Waals surface area contributed by atoms with Gasteiger partial charge in [-0.15, -0.1) is 0 Å². The van der Waals surface area contributed by atoms with Crippen molar-refractivity contribution in [1.82, 2.24) is 4.90 Å². The number of carbonyl (C=O) groups is 2. The highest BCUT2D eigenvalue weighted by atomic mass is 19.1. The molecule has 2 aliphatic rings. The highest BCUT2D eigenvalue weighted by Gasteiger charge is 2.41. The molecule has 0 bridgehead atoms. The molecule has 1 amide bonds. The van der Waals surface area contributed by atoms with Crippen LogP contribution in [0.4, 0.5) is 4.39 Å². The SMILES string of the molecule is COc1cccc2cc(C(=O)C3=C([O-])C(=O)N(CC[NH+]4CCOCC4)C3c3cccc(F)c3)oc12. The molecule has 1 atom stereocenters. The molecule has 0 saturated carbocycles. The molecule has 2 aromatic carbocycles. The van der Waals surface area contributed by atoms with E-state index in [1.54, 1.807) is 24.3 Å². The Morgan fingerprint density at radius 2 is 1.97 bits per heavy atom. The number of benzene rings is 2. The summed E-state index contributed by atoms with van der Waals surface area (Å²) >= 11 is 0. The van der Waals surface area contributed by atoms with Gasteiger partial charge in [0, 0.05) is 11.0 Å². The van der Waals surface area contributed by atoms with Gasteiger partial charge in [-0.3, -0.25) is 9.59 Å². The van der Waals surface area contributed by atoms with Gasteiger partial charge in [0.2, 0.25) is 11.7 Å². The standard InChI is InChI=1S/C26H25FN2O6/c1-33-19-7-3-5-17-15-20(35-25(17)19)23(30)21-22(16-4-2-6-18(27)14-16)29(26(32)24(21)31)9-8-28-10-12-34-13-11-28/h2-7,14-15,22,31H,8-13H2,1H3. The van der Waals surface area contributed by atoms with Crippen LogP contribution >= 0.6 is 0 Å². The van der Waals surface area contributed by atoms with Crippen molar-refractivity contribution in [2.75, 3.05) is 46.5 Å². The quantitative estimate of drug-likeness (QED) is 0.505. The Morgan fingerprint density at radius 3 is 2.71 bits per heavy atom. The van der Waals surface area contributed by atoms with Crippen molar-refractivity contribution in [3.8, 4) is 5.75 Å². The van der Waals surface area contributed by atoms with E-state index >= 15 is 0 Å². The van der Waals surface area contributed by atoms with Crippen LogP contribution in [0.5, 0.6) is 5.75 Å². The van der Waals surface area contributed by atoms with Crippen LogP contribution in [0, 0.1) is 5.82 Å². The first-order chi connectivity index (χ1) is 17.0. The molecule has 1 saturated heterocycles. The first-order valence-electron chi connectivity index (χ1n) is 11.5. The number of rotatable bonds is 7. The van der Waals surface area contributed by atoms with E-state index in [0.29, 0.717) is 42.0 Å². The summed E-state index contributed by atoms with van der Waals surface area (Å²) in [7, 11) is 1.49. The molecule has 1 aromatic heterocycles. The summed E-state index contributed by atoms with van der Waals surface area (Å²) in [6, 6.07) is 11.4. The molecule has 3 heterocycles. The van der Waals surface area contributed by atoms with E-state index in [1.165, 1.54) is 41.2 Å². The number of morpholine rings is 1. The first-order valence-corrected chi connectivity index (χ1v) is 11.5. The zero-order valence-electron chi connectivity index (χ0n) is 19.2. The maximum Gasteiger partial charge on any atom is 0.240 e. The predicted molar refractivity (Wildman–Crippen MR) is 121 cm³/mol. The van der Waals surface area contributed by atoms with Crippen molar-refractivity contribution in [2.24, 2.45) is 0 Å². The number of para-hydroxylation sites is 1. The van der Waals surface area contributed by atoms with Gasteiger partial charge in [0.1, 0.15) is 18.9 Å². The highest BCUT2D eigenvalue weighted by Crippen LogP contribution is 2.39. The second kappa shape index (κ2) is 9.52. The molecular weight excluding hydrogens is 455 g/mol. The zero-order chi connectivity index (χ0) is 24.5. The van der Waals surface area contributed by atoms with Crippen LogP contribution in [0.3, 0.4) is 0 Å². The minimum absolute atomic E-state index is 0.0808. The van der Waals surface area contributed by atoms with Crippen LogP contribution in [-0.2, 0) is 9.53 Å². The van der Waals surface area contributed by atoms with E-state index < -0.39 is 29.3 Å². The Bertz CT molecular complexity index is 1310. The number of fused-ring (bicyclic) bond motifs is 1. The number of halogens is 1. The molecule has 1 N–H and O–H groups in total. The van der Waals surface area contributed by atoms with Crippen molar-refractivity contribution in [1.29, 1.82) is 0 Å². The number of furan rings is 1. The van der Waals surface area contributed by atoms with Gasteiger partial charge < -0.3 is 28.8 Å². The van der Waals surface area contributed by atoms with Gasteiger partial charge in [-0.05, 0) is 35.6 Å². The topological polar surface area (TPSA) is 96.5 Å². The largest absolute Gasteiger partial charge is 0.868 e. The van der Waals surface area contributed by atoms with Crippen molar-refractivity contribution >= 4 is 22.7 Å². The minimum atomic E-state index is -1.01. The fourth-order valence-electron chi connectivity index (χ4n) is 4.75. The summed E-state index contributed by atoms with van der Waals surface area (Å²) in [6.45, 7) is 3.65. The summed E-state index contributed by atoms with van der Waals surface area (Å²) in [6.07, 6.45) is 0. The van der Waals surface area contributed by atoms with Gasteiger partial charge in [-0.2, -0.15) is 0 Å². The Kier molecular flexibility index (Phi) is 6.27. The molecule has 0 spiro atoms. The summed E-state index contributed by atoms with van der Waals surface area (Å²) < 4.78 is 30.6. The van der Waals surface area contributed by atoms with Crippen LogP contribution < -0.4 is 14.7 Å². The number of ether oxygens (including phenoxy) is 2. The molecule has 35 heavy (non-hydrogen) atoms. The number of Topliss-reactive ketones (excluding diaryl/α,β-unsaturated/α-hetero) is 1. The number of quaternary nitrogens is 1. The van der Waals surface area contributed by atoms with Crippen molar-refractivity contribution in [3.05, 3.63) is 77.0 Å². The van der Waals surface area contributed by atoms with Crippen LogP contribution in [0.2, 0.25) is 0 Å². The van der Waals surface area contributed by atoms with Gasteiger partial charge in [0.15, 0.2) is 17.1 Å². The molecule has 5 rings (SSSR count). The Morgan fingerprint density at radius 1 is 1.20 bits per heavy atom. The lowest BCUT2D eigenvalue weighted by molar-refractivity contribution is -0.907. The lowest BCUT2D eigenvalue weighted by Crippen LogP contribution is -3.14. The second-order valence-electron chi connectivity index (χ2n) is 8.63. The molecule has 3 aromatic rings. The third kappa shape index (κ3) is 4.28. The van der Waals surface area contributed by atoms with Gasteiger partial charge in [-0.25, -0.2) is 4.39 Å². The number of nitrogens with one attached hydrogen (secondary N) is 1. The molecule has 182 valence electrons. The monoisotopic (exact) mass is 480 g/mol. The van der Waals surface area contributed by atoms with Crippen LogP contribution in [0.25, 0.3) is 11.0 Å². The smallest absolute Gasteiger partial charge is 0.240 e. The Hall–Kier alpha value is -3.69. The van der Waals surface area contributed by atoms with Gasteiger partial charge >= 0.3 is 0 Å². The number of nitrogens with zero attached hydrogens (tertiary/aromatic N) is 1. The van der Waals surface area contributed by atoms with Crippen LogP contribution in [-0.4, -0.2) is 63.1 Å². The number of amides is 1. The number of hydrogen-bond acceptors (Lipinski definition) is 6. The number of hydrogen-bond donors (Lipinski definition) is 1. The van der Waals surface area contributed by atoms with Crippen molar-refractivity contribution in [2.45, 2.75) is 6.04 Å². The Labute approximate surface area is 201 Å². The summed E-state index contributed by atoms with van der Waals surface area (Å²) in [5.41, 5.74) is 0.486. The van der Waals surface area contributed by atoms with Crippen LogP contribution in [0.15, 0.2) is 64.3 Å². The average molecular weight is 480 g/mol. The highest BCUT2D eigenvalue weighted by molar-refractivity contribution is 6.15. The summed E-state index contributed by atoms with van der Waals surface area (Å²) in [4.78, 5) is 29.3. The lowest BCUT2D eigenvalue weighted by atomic mass is 9.95. The van der Waals surface area contributed by atoms with E-state index in [-0.39, 0.29) is 17.9 Å². The maximum absolute atomic E-state index is 14.2. The maximum atomic E-state index is 14.2. The molecule has 1 fully saturated rings. The molecule has 8 nitrogen and oxygen atoms in total. The molecule has 0 aliphatic carbocycles. The van der Waals surface area contributed by atoms with Gasteiger partial charge in [-0.1, -0.05) is 24.3 Å². The third-order valence-corrected chi connectivity index (χ3v) is 6.55. The van der Waals surface area contributed by atoms with Crippen LogP contribution in [0.1, 0.15) is 22.2 Å². The zero-order valence-corrected chi connectivity index (χ0v) is 19.2. The normalized spacial score (nSPS) is 19.1. The lowest BCUT2D eigenvalue weighted by Gasteiger charge is -2.30. The van der Waals surface area contributed by atoms with E-state index in [9.17, 15) is 19.1 Å². The molecule has 9 heteroatoms. The fourth-order valence-corrected chi connectivity index (χ4v) is 4.75. The van der Waals surface area contributed by atoms with E-state index in [4.69, 9.17) is 13.9 Å². The van der Waals surface area contributed by atoms with Crippen molar-refractivity contribution in [3.63, 3.8) is 0 Å². The van der Waals surface area contributed by atoms with E-state index in [2.05, 4.69) is 0 Å². The average Bonchev–Trinajstić information content (AvgIpc) is 3.42. The molecular formula is C26H25FN2O6. The number of methoxy groups -OCH3 is 1. The molecule has 0 radical (unpaired) electrons.